The minimum Gasteiger partial charge on any atom is -0.376 e. The van der Waals surface area contributed by atoms with Crippen LogP contribution in [0.1, 0.15) is 59.8 Å². The van der Waals surface area contributed by atoms with Crippen molar-refractivity contribution in [2.45, 2.75) is 70.9 Å². The molecule has 17 heavy (non-hydrogen) atoms. The summed E-state index contributed by atoms with van der Waals surface area (Å²) in [6.45, 7) is 10.4. The average Bonchev–Trinajstić information content (AvgIpc) is 2.25. The van der Waals surface area contributed by atoms with Crippen molar-refractivity contribution in [3.63, 3.8) is 0 Å². The number of rotatable bonds is 10. The third-order valence-electron chi connectivity index (χ3n) is 3.35. The van der Waals surface area contributed by atoms with Gasteiger partial charge in [-0.3, -0.25) is 0 Å². The molecule has 0 aromatic carbocycles. The number of nitrogens with two attached hydrogens (primary N) is 1. The lowest BCUT2D eigenvalue weighted by Crippen LogP contribution is -2.36. The van der Waals surface area contributed by atoms with Gasteiger partial charge in [-0.15, -0.1) is 0 Å². The second kappa shape index (κ2) is 8.06. The van der Waals surface area contributed by atoms with E-state index in [1.165, 1.54) is 0 Å². The topological polar surface area (TPSA) is 47.3 Å². The van der Waals surface area contributed by atoms with Crippen LogP contribution < -0.4 is 11.1 Å². The average molecular weight is 244 g/mol. The van der Waals surface area contributed by atoms with Crippen molar-refractivity contribution in [3.05, 3.63) is 0 Å². The van der Waals surface area contributed by atoms with Gasteiger partial charge in [-0.2, -0.15) is 0 Å². The molecule has 0 unspecified atom stereocenters. The van der Waals surface area contributed by atoms with Crippen molar-refractivity contribution in [1.29, 1.82) is 0 Å². The Bertz CT molecular complexity index is 191. The maximum absolute atomic E-state index is 5.95. The minimum atomic E-state index is -0.00104. The summed E-state index contributed by atoms with van der Waals surface area (Å²) < 4.78 is 5.95. The van der Waals surface area contributed by atoms with Crippen LogP contribution in [0, 0.1) is 0 Å². The highest BCUT2D eigenvalue weighted by Crippen LogP contribution is 2.19. The number of hydrogen-bond donors (Lipinski definition) is 2. The maximum Gasteiger partial charge on any atom is 0.0626 e. The van der Waals surface area contributed by atoms with E-state index in [2.05, 4.69) is 33.0 Å². The molecule has 0 spiro atoms. The molecular formula is C14H32N2O. The molecular weight excluding hydrogens is 212 g/mol. The number of unbranched alkanes of at least 4 members (excludes halogenated alkanes) is 1. The van der Waals surface area contributed by atoms with E-state index >= 15 is 0 Å². The lowest BCUT2D eigenvalue weighted by Gasteiger charge is -2.27. The van der Waals surface area contributed by atoms with E-state index in [1.54, 1.807) is 0 Å². The highest BCUT2D eigenvalue weighted by atomic mass is 16.5. The Morgan fingerprint density at radius 2 is 1.65 bits per heavy atom. The van der Waals surface area contributed by atoms with Gasteiger partial charge in [0.2, 0.25) is 0 Å². The van der Waals surface area contributed by atoms with Crippen molar-refractivity contribution in [1.82, 2.24) is 5.32 Å². The molecule has 3 heteroatoms. The van der Waals surface area contributed by atoms with Crippen LogP contribution in [0.4, 0.5) is 0 Å². The number of hydrogen-bond acceptors (Lipinski definition) is 3. The molecule has 3 nitrogen and oxygen atoms in total. The van der Waals surface area contributed by atoms with Crippen molar-refractivity contribution < 1.29 is 4.74 Å². The fraction of sp³-hybridized carbons (Fsp3) is 1.00. The Kier molecular flexibility index (Phi) is 8.01. The van der Waals surface area contributed by atoms with E-state index in [4.69, 9.17) is 10.5 Å². The molecule has 0 bridgehead atoms. The van der Waals surface area contributed by atoms with Gasteiger partial charge in [-0.1, -0.05) is 0 Å². The summed E-state index contributed by atoms with van der Waals surface area (Å²) in [6, 6.07) is 0. The molecule has 0 aliphatic heterocycles. The minimum absolute atomic E-state index is 0.00104. The molecule has 0 aliphatic carbocycles. The zero-order valence-electron chi connectivity index (χ0n) is 12.4. The van der Waals surface area contributed by atoms with Crippen LogP contribution in [0.2, 0.25) is 0 Å². The number of nitrogens with one attached hydrogen (secondary N) is 1. The SMILES string of the molecule is CNC(C)(C)CCCOC(C)(C)CCCCN. The molecule has 0 aromatic rings. The molecule has 104 valence electrons. The smallest absolute Gasteiger partial charge is 0.0626 e. The quantitative estimate of drug-likeness (QED) is 0.581. The molecule has 0 atom stereocenters. The van der Waals surface area contributed by atoms with Gasteiger partial charge in [0, 0.05) is 12.1 Å². The summed E-state index contributed by atoms with van der Waals surface area (Å²) in [5.74, 6) is 0. The largest absolute Gasteiger partial charge is 0.376 e. The first kappa shape index (κ1) is 16.9. The third kappa shape index (κ3) is 9.57. The second-order valence-electron chi connectivity index (χ2n) is 6.09. The van der Waals surface area contributed by atoms with Crippen LogP contribution in [0.5, 0.6) is 0 Å². The molecule has 0 aliphatic rings. The molecule has 0 saturated carbocycles. The van der Waals surface area contributed by atoms with E-state index in [9.17, 15) is 0 Å². The first-order chi connectivity index (χ1) is 7.83. The first-order valence-electron chi connectivity index (χ1n) is 6.86. The maximum atomic E-state index is 5.95. The van der Waals surface area contributed by atoms with Crippen LogP contribution in [0.15, 0.2) is 0 Å². The highest BCUT2D eigenvalue weighted by Gasteiger charge is 2.19. The van der Waals surface area contributed by atoms with E-state index in [-0.39, 0.29) is 11.1 Å². The van der Waals surface area contributed by atoms with E-state index < -0.39 is 0 Å². The van der Waals surface area contributed by atoms with Gasteiger partial charge in [0.05, 0.1) is 5.60 Å². The molecule has 0 radical (unpaired) electrons. The lowest BCUT2D eigenvalue weighted by molar-refractivity contribution is -0.0278. The van der Waals surface area contributed by atoms with Gasteiger partial charge >= 0.3 is 0 Å². The van der Waals surface area contributed by atoms with Crippen LogP contribution in [0.3, 0.4) is 0 Å². The fourth-order valence-electron chi connectivity index (χ4n) is 1.75. The van der Waals surface area contributed by atoms with Gasteiger partial charge < -0.3 is 15.8 Å². The van der Waals surface area contributed by atoms with Crippen LogP contribution >= 0.6 is 0 Å². The van der Waals surface area contributed by atoms with Gasteiger partial charge in [-0.05, 0) is 73.4 Å². The zero-order chi connectivity index (χ0) is 13.4. The Labute approximate surface area is 107 Å². The summed E-state index contributed by atoms with van der Waals surface area (Å²) in [5, 5.41) is 3.31. The highest BCUT2D eigenvalue weighted by molar-refractivity contribution is 4.75. The molecule has 3 N–H and O–H groups in total. The molecule has 0 rings (SSSR count). The van der Waals surface area contributed by atoms with Crippen molar-refractivity contribution in [2.75, 3.05) is 20.2 Å². The standard InChI is InChI=1S/C14H32N2O/c1-13(2,16-5)9-8-12-17-14(3,4)10-6-7-11-15/h16H,6-12,15H2,1-5H3. The number of ether oxygens (including phenoxy) is 1. The van der Waals surface area contributed by atoms with Gasteiger partial charge in [0.25, 0.3) is 0 Å². The third-order valence-corrected chi connectivity index (χ3v) is 3.35. The first-order valence-corrected chi connectivity index (χ1v) is 6.86. The van der Waals surface area contributed by atoms with Gasteiger partial charge in [-0.25, -0.2) is 0 Å². The monoisotopic (exact) mass is 244 g/mol. The summed E-state index contributed by atoms with van der Waals surface area (Å²) in [6.07, 6.45) is 5.60. The van der Waals surface area contributed by atoms with Crippen LogP contribution in [0.25, 0.3) is 0 Å². The molecule has 0 fully saturated rings. The Morgan fingerprint density at radius 3 is 2.18 bits per heavy atom. The molecule has 0 aromatic heterocycles. The van der Waals surface area contributed by atoms with E-state index in [1.807, 2.05) is 7.05 Å². The summed E-state index contributed by atoms with van der Waals surface area (Å²) >= 11 is 0. The Hall–Kier alpha value is -0.120. The predicted molar refractivity (Wildman–Crippen MR) is 75.3 cm³/mol. The summed E-state index contributed by atoms with van der Waals surface area (Å²) in [4.78, 5) is 0. The predicted octanol–water partition coefficient (Wildman–Crippen LogP) is 2.69. The second-order valence-corrected chi connectivity index (χ2v) is 6.09. The van der Waals surface area contributed by atoms with Crippen LogP contribution in [-0.4, -0.2) is 31.3 Å². The summed E-state index contributed by atoms with van der Waals surface area (Å²) in [7, 11) is 2.01. The lowest BCUT2D eigenvalue weighted by atomic mass is 9.98. The van der Waals surface area contributed by atoms with Gasteiger partial charge in [0.15, 0.2) is 0 Å². The fourth-order valence-corrected chi connectivity index (χ4v) is 1.75. The van der Waals surface area contributed by atoms with Crippen LogP contribution in [-0.2, 0) is 4.74 Å². The normalized spacial score (nSPS) is 13.1. The van der Waals surface area contributed by atoms with E-state index in [0.717, 1.165) is 45.3 Å². The Balaban J connectivity index is 3.65. The Morgan fingerprint density at radius 1 is 1.00 bits per heavy atom. The van der Waals surface area contributed by atoms with Gasteiger partial charge in [0.1, 0.15) is 0 Å². The molecule has 0 saturated heterocycles. The van der Waals surface area contributed by atoms with Crippen molar-refractivity contribution in [2.24, 2.45) is 5.73 Å². The molecule has 0 amide bonds. The van der Waals surface area contributed by atoms with Crippen molar-refractivity contribution >= 4 is 0 Å². The van der Waals surface area contributed by atoms with Crippen molar-refractivity contribution in [3.8, 4) is 0 Å². The summed E-state index contributed by atoms with van der Waals surface area (Å²) in [5.41, 5.74) is 5.71. The van der Waals surface area contributed by atoms with E-state index in [0.29, 0.717) is 0 Å². The molecule has 0 heterocycles. The zero-order valence-corrected chi connectivity index (χ0v) is 12.4.